The minimum absolute atomic E-state index is 0.136. The maximum atomic E-state index is 13.1. The van der Waals surface area contributed by atoms with Crippen LogP contribution in [0.4, 0.5) is 5.69 Å². The second-order valence-corrected chi connectivity index (χ2v) is 7.56. The highest BCUT2D eigenvalue weighted by Crippen LogP contribution is 2.35. The molecule has 0 spiro atoms. The summed E-state index contributed by atoms with van der Waals surface area (Å²) in [4.78, 5) is 27.4. The van der Waals surface area contributed by atoms with Gasteiger partial charge in [0.05, 0.1) is 25.5 Å². The van der Waals surface area contributed by atoms with E-state index in [4.69, 9.17) is 9.47 Å². The van der Waals surface area contributed by atoms with Gasteiger partial charge in [0.25, 0.3) is 5.91 Å². The molecule has 0 bridgehead atoms. The standard InChI is InChI=1S/C19H29N3O4/c1-12-11-22(8-7-20-12)17(23)13-9-15(25-5)16(26-6)10-14(13)21-18(24)19(2,3)4/h9-10,12,20H,7-8,11H2,1-6H3,(H,21,24). The summed E-state index contributed by atoms with van der Waals surface area (Å²) in [6.07, 6.45) is 0. The fourth-order valence-electron chi connectivity index (χ4n) is 2.76. The zero-order chi connectivity index (χ0) is 19.5. The van der Waals surface area contributed by atoms with Crippen molar-refractivity contribution in [3.05, 3.63) is 17.7 Å². The van der Waals surface area contributed by atoms with E-state index in [1.165, 1.54) is 14.2 Å². The average Bonchev–Trinajstić information content (AvgIpc) is 2.59. The molecule has 0 radical (unpaired) electrons. The van der Waals surface area contributed by atoms with Gasteiger partial charge >= 0.3 is 0 Å². The largest absolute Gasteiger partial charge is 0.493 e. The summed E-state index contributed by atoms with van der Waals surface area (Å²) in [5.74, 6) is 0.602. The number of hydrogen-bond acceptors (Lipinski definition) is 5. The highest BCUT2D eigenvalue weighted by atomic mass is 16.5. The first kappa shape index (κ1) is 20.0. The number of amides is 2. The molecule has 1 aromatic carbocycles. The Morgan fingerprint density at radius 2 is 1.81 bits per heavy atom. The van der Waals surface area contributed by atoms with Crippen LogP contribution in [0.3, 0.4) is 0 Å². The molecule has 7 heteroatoms. The van der Waals surface area contributed by atoms with E-state index in [9.17, 15) is 9.59 Å². The lowest BCUT2D eigenvalue weighted by atomic mass is 9.95. The summed E-state index contributed by atoms with van der Waals surface area (Å²) in [6.45, 7) is 9.47. The van der Waals surface area contributed by atoms with Crippen LogP contribution in [-0.4, -0.2) is 56.6 Å². The summed E-state index contributed by atoms with van der Waals surface area (Å²) in [5, 5.41) is 6.19. The molecular formula is C19H29N3O4. The number of benzene rings is 1. The van der Waals surface area contributed by atoms with Crippen LogP contribution in [0.5, 0.6) is 11.5 Å². The van der Waals surface area contributed by atoms with Crippen LogP contribution in [0.25, 0.3) is 0 Å². The van der Waals surface area contributed by atoms with Crippen molar-refractivity contribution >= 4 is 17.5 Å². The van der Waals surface area contributed by atoms with Gasteiger partial charge in [0.15, 0.2) is 11.5 Å². The molecule has 1 heterocycles. The van der Waals surface area contributed by atoms with Crippen molar-refractivity contribution in [2.75, 3.05) is 39.2 Å². The van der Waals surface area contributed by atoms with E-state index in [2.05, 4.69) is 10.6 Å². The van der Waals surface area contributed by atoms with Gasteiger partial charge in [0.1, 0.15) is 0 Å². The maximum absolute atomic E-state index is 13.1. The zero-order valence-corrected chi connectivity index (χ0v) is 16.4. The van der Waals surface area contributed by atoms with Crippen molar-refractivity contribution in [2.45, 2.75) is 33.7 Å². The number of anilines is 1. The molecule has 144 valence electrons. The molecule has 1 saturated heterocycles. The SMILES string of the molecule is COc1cc(NC(=O)C(C)(C)C)c(C(=O)N2CCNC(C)C2)cc1OC. The number of nitrogens with one attached hydrogen (secondary N) is 2. The number of rotatable bonds is 4. The molecule has 2 rings (SSSR count). The summed E-state index contributed by atoms with van der Waals surface area (Å²) in [5.41, 5.74) is 0.241. The van der Waals surface area contributed by atoms with Gasteiger partial charge in [-0.3, -0.25) is 9.59 Å². The van der Waals surface area contributed by atoms with Crippen molar-refractivity contribution in [3.8, 4) is 11.5 Å². The molecule has 26 heavy (non-hydrogen) atoms. The van der Waals surface area contributed by atoms with Crippen molar-refractivity contribution < 1.29 is 19.1 Å². The Hall–Kier alpha value is -2.28. The zero-order valence-electron chi connectivity index (χ0n) is 16.4. The second kappa shape index (κ2) is 7.95. The molecule has 2 N–H and O–H groups in total. The number of carbonyl (C=O) groups excluding carboxylic acids is 2. The molecule has 2 amide bonds. The van der Waals surface area contributed by atoms with E-state index in [0.29, 0.717) is 35.8 Å². The van der Waals surface area contributed by atoms with Gasteiger partial charge in [-0.25, -0.2) is 0 Å². The number of hydrogen-bond donors (Lipinski definition) is 2. The lowest BCUT2D eigenvalue weighted by molar-refractivity contribution is -0.123. The van der Waals surface area contributed by atoms with Crippen LogP contribution in [-0.2, 0) is 4.79 Å². The van der Waals surface area contributed by atoms with E-state index >= 15 is 0 Å². The van der Waals surface area contributed by atoms with Crippen LogP contribution >= 0.6 is 0 Å². The minimum Gasteiger partial charge on any atom is -0.493 e. The van der Waals surface area contributed by atoms with Gasteiger partial charge in [-0.15, -0.1) is 0 Å². The van der Waals surface area contributed by atoms with Gasteiger partial charge < -0.3 is 25.0 Å². The Morgan fingerprint density at radius 1 is 1.19 bits per heavy atom. The Morgan fingerprint density at radius 3 is 2.35 bits per heavy atom. The Labute approximate surface area is 155 Å². The number of carbonyl (C=O) groups is 2. The monoisotopic (exact) mass is 363 g/mol. The van der Waals surface area contributed by atoms with Crippen LogP contribution in [0.15, 0.2) is 12.1 Å². The van der Waals surface area contributed by atoms with E-state index in [1.807, 2.05) is 27.7 Å². The van der Waals surface area contributed by atoms with Crippen molar-refractivity contribution in [1.29, 1.82) is 0 Å². The van der Waals surface area contributed by atoms with Crippen molar-refractivity contribution in [1.82, 2.24) is 10.2 Å². The molecule has 1 aliphatic rings. The van der Waals surface area contributed by atoms with Gasteiger partial charge in [-0.2, -0.15) is 0 Å². The maximum Gasteiger partial charge on any atom is 0.256 e. The summed E-state index contributed by atoms with van der Waals surface area (Å²) in [6, 6.07) is 3.49. The first-order chi connectivity index (χ1) is 12.2. The molecule has 0 aromatic heterocycles. The third-order valence-electron chi connectivity index (χ3n) is 4.34. The minimum atomic E-state index is -0.586. The Bertz CT molecular complexity index is 682. The van der Waals surface area contributed by atoms with Crippen LogP contribution in [0, 0.1) is 5.41 Å². The van der Waals surface area contributed by atoms with Gasteiger partial charge in [-0.05, 0) is 13.0 Å². The number of piperazine rings is 1. The van der Waals surface area contributed by atoms with E-state index in [-0.39, 0.29) is 17.9 Å². The van der Waals surface area contributed by atoms with E-state index in [1.54, 1.807) is 17.0 Å². The van der Waals surface area contributed by atoms with Crippen LogP contribution < -0.4 is 20.1 Å². The quantitative estimate of drug-likeness (QED) is 0.857. The number of ether oxygens (including phenoxy) is 2. The lowest BCUT2D eigenvalue weighted by Gasteiger charge is -2.32. The molecule has 1 atom stereocenters. The summed E-state index contributed by atoms with van der Waals surface area (Å²) >= 11 is 0. The predicted molar refractivity (Wildman–Crippen MR) is 101 cm³/mol. The average molecular weight is 363 g/mol. The predicted octanol–water partition coefficient (Wildman–Crippen LogP) is 2.12. The highest BCUT2D eigenvalue weighted by Gasteiger charge is 2.28. The Kier molecular flexibility index (Phi) is 6.13. The molecule has 0 aliphatic carbocycles. The fraction of sp³-hybridized carbons (Fsp3) is 0.579. The van der Waals surface area contributed by atoms with Crippen LogP contribution in [0.1, 0.15) is 38.1 Å². The molecule has 1 aromatic rings. The van der Waals surface area contributed by atoms with Gasteiger partial charge in [0.2, 0.25) is 5.91 Å². The summed E-state index contributed by atoms with van der Waals surface area (Å²) in [7, 11) is 3.04. The lowest BCUT2D eigenvalue weighted by Crippen LogP contribution is -2.51. The van der Waals surface area contributed by atoms with Crippen molar-refractivity contribution in [3.63, 3.8) is 0 Å². The third-order valence-corrected chi connectivity index (χ3v) is 4.34. The molecule has 1 fully saturated rings. The first-order valence-corrected chi connectivity index (χ1v) is 8.77. The number of nitrogens with zero attached hydrogens (tertiary/aromatic N) is 1. The van der Waals surface area contributed by atoms with Crippen LogP contribution in [0.2, 0.25) is 0 Å². The highest BCUT2D eigenvalue weighted by molar-refractivity contribution is 6.05. The second-order valence-electron chi connectivity index (χ2n) is 7.56. The topological polar surface area (TPSA) is 79.9 Å². The fourth-order valence-corrected chi connectivity index (χ4v) is 2.76. The molecule has 7 nitrogen and oxygen atoms in total. The van der Waals surface area contributed by atoms with E-state index < -0.39 is 5.41 Å². The van der Waals surface area contributed by atoms with Gasteiger partial charge in [-0.1, -0.05) is 20.8 Å². The first-order valence-electron chi connectivity index (χ1n) is 8.77. The van der Waals surface area contributed by atoms with E-state index in [0.717, 1.165) is 6.54 Å². The van der Waals surface area contributed by atoms with Crippen molar-refractivity contribution in [2.24, 2.45) is 5.41 Å². The normalized spacial score (nSPS) is 17.6. The molecule has 1 unspecified atom stereocenters. The Balaban J connectivity index is 2.44. The molecular weight excluding hydrogens is 334 g/mol. The van der Waals surface area contributed by atoms with Gasteiger partial charge in [0, 0.05) is 37.2 Å². The number of methoxy groups -OCH3 is 2. The molecule has 1 aliphatic heterocycles. The third kappa shape index (κ3) is 4.46. The molecule has 0 saturated carbocycles. The smallest absolute Gasteiger partial charge is 0.256 e. The summed E-state index contributed by atoms with van der Waals surface area (Å²) < 4.78 is 10.7.